The van der Waals surface area contributed by atoms with Crippen LogP contribution in [0.3, 0.4) is 0 Å². The highest BCUT2D eigenvalue weighted by molar-refractivity contribution is 6.35. The minimum Gasteiger partial charge on any atom is -0.0619 e. The number of hydrogen-bond acceptors (Lipinski definition) is 0. The Morgan fingerprint density at radius 1 is 0.229 bits per heavy atom. The van der Waals surface area contributed by atoms with Crippen LogP contribution in [0, 0.1) is 0 Å². The number of fused-ring (bicyclic) bond motifs is 10. The number of hydrogen-bond donors (Lipinski definition) is 0. The van der Waals surface area contributed by atoms with Crippen LogP contribution in [0.1, 0.15) is 49.9 Å². The molecule has 0 heteroatoms. The van der Waals surface area contributed by atoms with E-state index in [1.54, 1.807) is 0 Å². The maximum atomic E-state index is 2.54. The lowest BCUT2D eigenvalue weighted by Gasteiger charge is -2.23. The van der Waals surface area contributed by atoms with Crippen LogP contribution in [0.15, 0.2) is 218 Å². The first-order valence-electron chi connectivity index (χ1n) is 24.9. The van der Waals surface area contributed by atoms with E-state index in [1.807, 2.05) is 0 Å². The maximum absolute atomic E-state index is 2.54. The van der Waals surface area contributed by atoms with Crippen LogP contribution in [0.2, 0.25) is 0 Å². The number of benzene rings is 13. The second kappa shape index (κ2) is 14.1. The van der Waals surface area contributed by atoms with Crippen LogP contribution in [-0.4, -0.2) is 0 Å². The summed E-state index contributed by atoms with van der Waals surface area (Å²) in [6.07, 6.45) is 0. The average Bonchev–Trinajstić information content (AvgIpc) is 3.78. The third-order valence-corrected chi connectivity index (χ3v) is 16.7. The van der Waals surface area contributed by atoms with Gasteiger partial charge in [-0.05, 0) is 202 Å². The number of rotatable bonds is 4. The van der Waals surface area contributed by atoms with Gasteiger partial charge in [0, 0.05) is 10.8 Å². The van der Waals surface area contributed by atoms with Crippen LogP contribution < -0.4 is 0 Å². The van der Waals surface area contributed by atoms with E-state index in [0.29, 0.717) is 0 Å². The van der Waals surface area contributed by atoms with Crippen molar-refractivity contribution in [1.82, 2.24) is 0 Å². The molecule has 0 heterocycles. The van der Waals surface area contributed by atoms with Crippen molar-refractivity contribution in [3.8, 4) is 66.8 Å². The van der Waals surface area contributed by atoms with Gasteiger partial charge in [0.05, 0.1) is 0 Å². The Morgan fingerprint density at radius 2 is 0.529 bits per heavy atom. The Hall–Kier alpha value is -8.32. The third-order valence-electron chi connectivity index (χ3n) is 16.7. The molecule has 0 saturated carbocycles. The molecule has 0 aromatic heterocycles. The first-order chi connectivity index (χ1) is 34.2. The van der Waals surface area contributed by atoms with E-state index in [1.165, 1.54) is 154 Å². The van der Waals surface area contributed by atoms with Crippen molar-refractivity contribution in [1.29, 1.82) is 0 Å². The lowest BCUT2D eigenvalue weighted by molar-refractivity contribution is 0.660. The molecule has 2 aliphatic rings. The predicted molar refractivity (Wildman–Crippen MR) is 300 cm³/mol. The van der Waals surface area contributed by atoms with Gasteiger partial charge in [0.1, 0.15) is 0 Å². The van der Waals surface area contributed by atoms with Gasteiger partial charge in [0.15, 0.2) is 0 Å². The van der Waals surface area contributed by atoms with Gasteiger partial charge in [-0.2, -0.15) is 0 Å². The molecule has 0 amide bonds. The molecule has 0 atom stereocenters. The Bertz CT molecular complexity index is 4120. The molecule has 2 aliphatic carbocycles. The molecule has 0 nitrogen and oxygen atoms in total. The monoisotopic (exact) mass is 888 g/mol. The minimum absolute atomic E-state index is 0.106. The van der Waals surface area contributed by atoms with Crippen molar-refractivity contribution in [2.75, 3.05) is 0 Å². The molecule has 0 unspecified atom stereocenters. The largest absolute Gasteiger partial charge is 0.0619 e. The summed E-state index contributed by atoms with van der Waals surface area (Å²) in [5, 5.41) is 15.3. The molecule has 0 N–H and O–H groups in total. The quantitative estimate of drug-likeness (QED) is 0.122. The van der Waals surface area contributed by atoms with Crippen LogP contribution in [-0.2, 0) is 10.8 Å². The van der Waals surface area contributed by atoms with E-state index in [2.05, 4.69) is 246 Å². The van der Waals surface area contributed by atoms with Crippen LogP contribution >= 0.6 is 0 Å². The molecule has 0 aliphatic heterocycles. The first-order valence-corrected chi connectivity index (χ1v) is 24.9. The summed E-state index contributed by atoms with van der Waals surface area (Å²) >= 11 is 0. The van der Waals surface area contributed by atoms with Crippen LogP contribution in [0.5, 0.6) is 0 Å². The molecular formula is C70H48. The van der Waals surface area contributed by atoms with Gasteiger partial charge in [0.2, 0.25) is 0 Å². The average molecular weight is 889 g/mol. The molecule has 0 bridgehead atoms. The zero-order valence-corrected chi connectivity index (χ0v) is 39.8. The van der Waals surface area contributed by atoms with Gasteiger partial charge < -0.3 is 0 Å². The van der Waals surface area contributed by atoms with Crippen LogP contribution in [0.25, 0.3) is 131 Å². The van der Waals surface area contributed by atoms with Crippen molar-refractivity contribution in [3.05, 3.63) is 241 Å². The Morgan fingerprint density at radius 3 is 0.957 bits per heavy atom. The zero-order valence-electron chi connectivity index (χ0n) is 39.8. The summed E-state index contributed by atoms with van der Waals surface area (Å²) in [6, 6.07) is 83.5. The van der Waals surface area contributed by atoms with Gasteiger partial charge in [-0.3, -0.25) is 0 Å². The van der Waals surface area contributed by atoms with E-state index < -0.39 is 0 Å². The van der Waals surface area contributed by atoms with Crippen molar-refractivity contribution in [3.63, 3.8) is 0 Å². The van der Waals surface area contributed by atoms with Crippen molar-refractivity contribution >= 4 is 64.6 Å². The molecule has 328 valence electrons. The molecule has 15 rings (SSSR count). The van der Waals surface area contributed by atoms with Crippen molar-refractivity contribution in [2.24, 2.45) is 0 Å². The fraction of sp³-hybridized carbons (Fsp3) is 0.0857. The molecule has 0 saturated heterocycles. The molecule has 70 heavy (non-hydrogen) atoms. The Balaban J connectivity index is 1.12. The summed E-state index contributed by atoms with van der Waals surface area (Å²) < 4.78 is 0. The van der Waals surface area contributed by atoms with Gasteiger partial charge in [-0.1, -0.05) is 198 Å². The van der Waals surface area contributed by atoms with E-state index >= 15 is 0 Å². The molecular weight excluding hydrogens is 841 g/mol. The molecule has 0 fully saturated rings. The summed E-state index contributed by atoms with van der Waals surface area (Å²) in [5.74, 6) is 0. The Kier molecular flexibility index (Phi) is 8.00. The lowest BCUT2D eigenvalue weighted by atomic mass is 9.80. The van der Waals surface area contributed by atoms with E-state index in [4.69, 9.17) is 0 Å². The standard InChI is InChI=1S/C70H48/c1-69(2)61-29-11-9-23-55(61)67-53(27-15-31-63(67)69)45-35-48-36-46(54-28-16-32-64-68(54)56-24-10-12-30-62(56)70(64,3)4)40-60-58-38-44(52-26-14-20-42-18-6-8-22-50(42)52)34-47-33-43(37-57(65(47)58)59(39-45)66(48)60)51-25-13-19-41-17-5-7-21-49(41)51/h5-40H,1-4H3. The summed E-state index contributed by atoms with van der Waals surface area (Å²) in [4.78, 5) is 0. The fourth-order valence-electron chi connectivity index (χ4n) is 13.4. The van der Waals surface area contributed by atoms with E-state index in [0.717, 1.165) is 0 Å². The van der Waals surface area contributed by atoms with Gasteiger partial charge in [0.25, 0.3) is 0 Å². The highest BCUT2D eigenvalue weighted by atomic mass is 14.4. The molecule has 13 aromatic rings. The van der Waals surface area contributed by atoms with Gasteiger partial charge in [-0.15, -0.1) is 0 Å². The Labute approximate surface area is 408 Å². The smallest absolute Gasteiger partial charge is 0.0159 e. The molecule has 0 spiro atoms. The van der Waals surface area contributed by atoms with Gasteiger partial charge >= 0.3 is 0 Å². The van der Waals surface area contributed by atoms with E-state index in [-0.39, 0.29) is 10.8 Å². The SMILES string of the molecule is CC1(C)c2ccccc2-c2c(-c3cc4cc(-c5cccc6c5-c5ccccc5C6(C)C)cc5c6cc(-c7cccc8ccccc78)cc7cc(-c8cccc9ccccc89)cc(c(c3)c45)c76)cccc21. The highest BCUT2D eigenvalue weighted by Gasteiger charge is 2.38. The van der Waals surface area contributed by atoms with Gasteiger partial charge in [-0.25, -0.2) is 0 Å². The van der Waals surface area contributed by atoms with Crippen LogP contribution in [0.4, 0.5) is 0 Å². The van der Waals surface area contributed by atoms with Crippen molar-refractivity contribution in [2.45, 2.75) is 38.5 Å². The fourth-order valence-corrected chi connectivity index (χ4v) is 13.4. The molecule has 13 aromatic carbocycles. The highest BCUT2D eigenvalue weighted by Crippen LogP contribution is 2.56. The normalized spacial score (nSPS) is 14.2. The molecule has 0 radical (unpaired) electrons. The summed E-state index contributed by atoms with van der Waals surface area (Å²) in [5.41, 5.74) is 20.8. The third kappa shape index (κ3) is 5.37. The predicted octanol–water partition coefficient (Wildman–Crippen LogP) is 19.3. The zero-order chi connectivity index (χ0) is 46.6. The minimum atomic E-state index is -0.106. The summed E-state index contributed by atoms with van der Waals surface area (Å²) in [6.45, 7) is 9.56. The second-order valence-electron chi connectivity index (χ2n) is 21.1. The van der Waals surface area contributed by atoms with Crippen molar-refractivity contribution < 1.29 is 0 Å². The summed E-state index contributed by atoms with van der Waals surface area (Å²) in [7, 11) is 0. The maximum Gasteiger partial charge on any atom is 0.0159 e. The first kappa shape index (κ1) is 39.7. The topological polar surface area (TPSA) is 0 Å². The lowest BCUT2D eigenvalue weighted by Crippen LogP contribution is -2.14. The second-order valence-corrected chi connectivity index (χ2v) is 21.1. The van der Waals surface area contributed by atoms with E-state index in [9.17, 15) is 0 Å².